The molecule has 5 nitrogen and oxygen atoms in total. The maximum atomic E-state index is 12.2. The van der Waals surface area contributed by atoms with E-state index in [1.54, 1.807) is 24.3 Å². The van der Waals surface area contributed by atoms with E-state index >= 15 is 0 Å². The van der Waals surface area contributed by atoms with E-state index < -0.39 is 5.97 Å². The van der Waals surface area contributed by atoms with Crippen LogP contribution in [-0.2, 0) is 4.74 Å². The second-order valence-electron chi connectivity index (χ2n) is 10.5. The van der Waals surface area contributed by atoms with Gasteiger partial charge in [0.2, 0.25) is 0 Å². The molecule has 41 heavy (non-hydrogen) atoms. The van der Waals surface area contributed by atoms with E-state index in [9.17, 15) is 9.59 Å². The minimum absolute atomic E-state index is 0.0202. The van der Waals surface area contributed by atoms with Gasteiger partial charge in [-0.15, -0.1) is 0 Å². The lowest BCUT2D eigenvalue weighted by Crippen LogP contribution is -2.15. The van der Waals surface area contributed by atoms with Crippen LogP contribution in [0.25, 0.3) is 11.1 Å². The molecule has 0 aromatic heterocycles. The van der Waals surface area contributed by atoms with Crippen LogP contribution < -0.4 is 4.74 Å². The molecule has 3 aromatic carbocycles. The first-order valence-corrected chi connectivity index (χ1v) is 15.3. The van der Waals surface area contributed by atoms with Crippen molar-refractivity contribution in [2.24, 2.45) is 0 Å². The SMILES string of the molecule is CCCCCCC(C)OC(=O)c1ccc(-c2ccccc2)cc1.CCCCCCCCOc1ccc(C(=O)O)cc1. The van der Waals surface area contributed by atoms with Gasteiger partial charge in [-0.1, -0.05) is 108 Å². The van der Waals surface area contributed by atoms with Crippen molar-refractivity contribution in [3.63, 3.8) is 0 Å². The molecule has 0 radical (unpaired) electrons. The number of aromatic carboxylic acids is 1. The zero-order valence-corrected chi connectivity index (χ0v) is 25.1. The summed E-state index contributed by atoms with van der Waals surface area (Å²) in [5, 5.41) is 8.75. The second-order valence-corrected chi connectivity index (χ2v) is 10.5. The molecule has 5 heteroatoms. The molecule has 222 valence electrons. The highest BCUT2D eigenvalue weighted by Gasteiger charge is 2.12. The Morgan fingerprint density at radius 1 is 0.659 bits per heavy atom. The van der Waals surface area contributed by atoms with Crippen molar-refractivity contribution in [2.45, 2.75) is 97.5 Å². The molecule has 0 spiro atoms. The Bertz CT molecular complexity index is 1110. The summed E-state index contributed by atoms with van der Waals surface area (Å²) in [6, 6.07) is 24.3. The van der Waals surface area contributed by atoms with Gasteiger partial charge in [-0.3, -0.25) is 0 Å². The third-order valence-corrected chi connectivity index (χ3v) is 6.87. The van der Waals surface area contributed by atoms with Gasteiger partial charge in [0.25, 0.3) is 0 Å². The third kappa shape index (κ3) is 14.0. The minimum atomic E-state index is -0.905. The number of hydrogen-bond acceptors (Lipinski definition) is 4. The monoisotopic (exact) mass is 560 g/mol. The number of carboxylic acid groups (broad SMARTS) is 1. The molecule has 0 saturated carbocycles. The predicted octanol–water partition coefficient (Wildman–Crippen LogP) is 9.99. The topological polar surface area (TPSA) is 72.8 Å². The molecule has 0 aliphatic rings. The van der Waals surface area contributed by atoms with Gasteiger partial charge in [0.1, 0.15) is 5.75 Å². The van der Waals surface area contributed by atoms with E-state index in [4.69, 9.17) is 14.6 Å². The Morgan fingerprint density at radius 3 is 1.80 bits per heavy atom. The van der Waals surface area contributed by atoms with Crippen LogP contribution in [0.15, 0.2) is 78.9 Å². The number of carbonyl (C=O) groups excluding carboxylic acids is 1. The summed E-state index contributed by atoms with van der Waals surface area (Å²) >= 11 is 0. The maximum Gasteiger partial charge on any atom is 0.338 e. The molecular weight excluding hydrogens is 512 g/mol. The summed E-state index contributed by atoms with van der Waals surface area (Å²) in [6.45, 7) is 7.09. The summed E-state index contributed by atoms with van der Waals surface area (Å²) in [4.78, 5) is 22.8. The van der Waals surface area contributed by atoms with Crippen LogP contribution in [-0.4, -0.2) is 29.8 Å². The highest BCUT2D eigenvalue weighted by atomic mass is 16.5. The number of carbonyl (C=O) groups is 2. The van der Waals surface area contributed by atoms with Crippen molar-refractivity contribution >= 4 is 11.9 Å². The van der Waals surface area contributed by atoms with E-state index in [1.165, 1.54) is 51.4 Å². The first kappa shape index (κ1) is 33.6. The largest absolute Gasteiger partial charge is 0.494 e. The number of rotatable bonds is 17. The number of carboxylic acids is 1. The van der Waals surface area contributed by atoms with Gasteiger partial charge in [0.15, 0.2) is 0 Å². The molecule has 0 heterocycles. The average Bonchev–Trinajstić information content (AvgIpc) is 3.00. The number of benzene rings is 3. The first-order chi connectivity index (χ1) is 19.9. The summed E-state index contributed by atoms with van der Waals surface area (Å²) in [5.74, 6) is -0.390. The second kappa shape index (κ2) is 20.3. The molecular formula is C36H48O5. The molecule has 1 atom stereocenters. The maximum absolute atomic E-state index is 12.2. The lowest BCUT2D eigenvalue weighted by Gasteiger charge is -2.13. The van der Waals surface area contributed by atoms with Crippen molar-refractivity contribution in [1.29, 1.82) is 0 Å². The fourth-order valence-corrected chi connectivity index (χ4v) is 4.36. The molecule has 0 aliphatic heterocycles. The van der Waals surface area contributed by atoms with Gasteiger partial charge >= 0.3 is 11.9 Å². The lowest BCUT2D eigenvalue weighted by atomic mass is 10.0. The van der Waals surface area contributed by atoms with Gasteiger partial charge in [-0.25, -0.2) is 9.59 Å². The Hall–Kier alpha value is -3.60. The quantitative estimate of drug-likeness (QED) is 0.131. The highest BCUT2D eigenvalue weighted by Crippen LogP contribution is 2.20. The van der Waals surface area contributed by atoms with E-state index in [0.29, 0.717) is 17.7 Å². The van der Waals surface area contributed by atoms with Gasteiger partial charge in [0, 0.05) is 0 Å². The van der Waals surface area contributed by atoms with Crippen molar-refractivity contribution in [3.8, 4) is 16.9 Å². The van der Waals surface area contributed by atoms with Crippen LogP contribution >= 0.6 is 0 Å². The first-order valence-electron chi connectivity index (χ1n) is 15.3. The summed E-state index contributed by atoms with van der Waals surface area (Å²) < 4.78 is 11.1. The van der Waals surface area contributed by atoms with E-state index in [0.717, 1.165) is 36.1 Å². The Labute approximate surface area is 246 Å². The van der Waals surface area contributed by atoms with Crippen molar-refractivity contribution < 1.29 is 24.2 Å². The fraction of sp³-hybridized carbons (Fsp3) is 0.444. The van der Waals surface area contributed by atoms with Crippen LogP contribution in [0, 0.1) is 0 Å². The van der Waals surface area contributed by atoms with E-state index in [2.05, 4.69) is 26.0 Å². The Morgan fingerprint density at radius 2 is 1.20 bits per heavy atom. The van der Waals surface area contributed by atoms with Crippen LogP contribution in [0.1, 0.15) is 112 Å². The minimum Gasteiger partial charge on any atom is -0.494 e. The van der Waals surface area contributed by atoms with Gasteiger partial charge in [0.05, 0.1) is 23.8 Å². The molecule has 0 amide bonds. The third-order valence-electron chi connectivity index (χ3n) is 6.87. The van der Waals surface area contributed by atoms with Crippen LogP contribution in [0.5, 0.6) is 5.75 Å². The standard InChI is InChI=1S/C21H26O2.C15H22O3/c1-3-4-5-7-10-17(2)23-21(22)20-15-13-19(14-16-20)18-11-8-6-9-12-18;1-2-3-4-5-6-7-12-18-14-10-8-13(9-11-14)15(16)17/h6,8-9,11-17H,3-5,7,10H2,1-2H3;8-11H,2-7,12H2,1H3,(H,16,17). The zero-order chi connectivity index (χ0) is 29.7. The van der Waals surface area contributed by atoms with Crippen LogP contribution in [0.3, 0.4) is 0 Å². The van der Waals surface area contributed by atoms with Gasteiger partial charge in [-0.2, -0.15) is 0 Å². The summed E-state index contributed by atoms with van der Waals surface area (Å²) in [6.07, 6.45) is 13.2. The van der Waals surface area contributed by atoms with Crippen molar-refractivity contribution in [1.82, 2.24) is 0 Å². The molecule has 0 aliphatic carbocycles. The molecule has 0 bridgehead atoms. The van der Waals surface area contributed by atoms with Gasteiger partial charge in [-0.05, 0) is 73.7 Å². The lowest BCUT2D eigenvalue weighted by molar-refractivity contribution is 0.0319. The fourth-order valence-electron chi connectivity index (χ4n) is 4.36. The van der Waals surface area contributed by atoms with Gasteiger partial charge < -0.3 is 14.6 Å². The van der Waals surface area contributed by atoms with E-state index in [1.807, 2.05) is 49.4 Å². The van der Waals surface area contributed by atoms with Crippen LogP contribution in [0.4, 0.5) is 0 Å². The number of ether oxygens (including phenoxy) is 2. The number of hydrogen-bond donors (Lipinski definition) is 1. The highest BCUT2D eigenvalue weighted by molar-refractivity contribution is 5.90. The molecule has 1 unspecified atom stereocenters. The predicted molar refractivity (Wildman–Crippen MR) is 168 cm³/mol. The number of unbranched alkanes of at least 4 members (excludes halogenated alkanes) is 8. The molecule has 0 fully saturated rings. The van der Waals surface area contributed by atoms with E-state index in [-0.39, 0.29) is 12.1 Å². The number of esters is 1. The van der Waals surface area contributed by atoms with Crippen LogP contribution in [0.2, 0.25) is 0 Å². The summed E-state index contributed by atoms with van der Waals surface area (Å²) in [5.41, 5.74) is 3.17. The molecule has 3 aromatic rings. The summed E-state index contributed by atoms with van der Waals surface area (Å²) in [7, 11) is 0. The Kier molecular flexibility index (Phi) is 16.6. The van der Waals surface area contributed by atoms with Crippen molar-refractivity contribution in [3.05, 3.63) is 90.0 Å². The molecule has 1 N–H and O–H groups in total. The molecule has 0 saturated heterocycles. The van der Waals surface area contributed by atoms with Crippen molar-refractivity contribution in [2.75, 3.05) is 6.61 Å². The molecule has 3 rings (SSSR count). The average molecular weight is 561 g/mol. The zero-order valence-electron chi connectivity index (χ0n) is 25.1. The Balaban J connectivity index is 0.000000296. The normalized spacial score (nSPS) is 11.2. The smallest absolute Gasteiger partial charge is 0.338 e.